The number of halogens is 1. The van der Waals surface area contributed by atoms with E-state index in [1.54, 1.807) is 6.20 Å². The summed E-state index contributed by atoms with van der Waals surface area (Å²) in [5, 5.41) is 7.41. The van der Waals surface area contributed by atoms with E-state index in [1.807, 2.05) is 32.6 Å². The number of nitrogens with one attached hydrogen (secondary N) is 1. The van der Waals surface area contributed by atoms with Crippen molar-refractivity contribution >= 4 is 15.9 Å². The zero-order chi connectivity index (χ0) is 11.4. The second-order valence-electron chi connectivity index (χ2n) is 3.72. The second-order valence-corrected chi connectivity index (χ2v) is 4.58. The van der Waals surface area contributed by atoms with Crippen LogP contribution in [0.3, 0.4) is 0 Å². The molecule has 4 nitrogen and oxygen atoms in total. The molecule has 0 radical (unpaired) electrons. The van der Waals surface area contributed by atoms with Gasteiger partial charge in [0.15, 0.2) is 0 Å². The largest absolute Gasteiger partial charge is 0.377 e. The number of hydrogen-bond acceptors (Lipinski definition) is 3. The minimum absolute atomic E-state index is 0.161. The first kappa shape index (κ1) is 12.7. The molecule has 1 atom stereocenters. The number of aromatic nitrogens is 2. The molecule has 0 saturated carbocycles. The van der Waals surface area contributed by atoms with Crippen LogP contribution in [0.25, 0.3) is 0 Å². The van der Waals surface area contributed by atoms with Gasteiger partial charge < -0.3 is 10.1 Å². The molecule has 1 N–H and O–H groups in total. The van der Waals surface area contributed by atoms with Crippen LogP contribution in [0.4, 0.5) is 0 Å². The lowest BCUT2D eigenvalue weighted by molar-refractivity contribution is 0.0610. The molecule has 1 heterocycles. The zero-order valence-electron chi connectivity index (χ0n) is 9.62. The highest BCUT2D eigenvalue weighted by Crippen LogP contribution is 2.22. The summed E-state index contributed by atoms with van der Waals surface area (Å²) in [6.07, 6.45) is 2.04. The Balaban J connectivity index is 2.74. The normalized spacial score (nSPS) is 13.5. The maximum atomic E-state index is 5.60. The Morgan fingerprint density at radius 2 is 2.27 bits per heavy atom. The van der Waals surface area contributed by atoms with Crippen molar-refractivity contribution in [3.63, 3.8) is 0 Å². The average molecular weight is 276 g/mol. The van der Waals surface area contributed by atoms with Crippen LogP contribution in [0.2, 0.25) is 0 Å². The average Bonchev–Trinajstić information content (AvgIpc) is 2.49. The fourth-order valence-electron chi connectivity index (χ4n) is 1.40. The Hall–Kier alpha value is -0.390. The molecular formula is C10H18BrN3O. The predicted molar refractivity (Wildman–Crippen MR) is 63.8 cm³/mol. The van der Waals surface area contributed by atoms with Crippen LogP contribution in [0.15, 0.2) is 10.7 Å². The molecule has 0 aliphatic heterocycles. The third-order valence-corrected chi connectivity index (χ3v) is 2.82. The topological polar surface area (TPSA) is 39.1 Å². The van der Waals surface area contributed by atoms with Crippen molar-refractivity contribution in [3.05, 3.63) is 16.4 Å². The van der Waals surface area contributed by atoms with Crippen LogP contribution >= 0.6 is 15.9 Å². The van der Waals surface area contributed by atoms with E-state index in [0.29, 0.717) is 6.61 Å². The lowest BCUT2D eigenvalue weighted by Crippen LogP contribution is -2.26. The molecule has 0 aliphatic rings. The maximum absolute atomic E-state index is 5.60. The molecule has 1 rings (SSSR count). The minimum Gasteiger partial charge on any atom is -0.377 e. The summed E-state index contributed by atoms with van der Waals surface area (Å²) in [6, 6.07) is 0.161. The first-order valence-corrected chi connectivity index (χ1v) is 5.81. The van der Waals surface area contributed by atoms with Crippen molar-refractivity contribution in [1.29, 1.82) is 0 Å². The molecule has 0 bridgehead atoms. The summed E-state index contributed by atoms with van der Waals surface area (Å²) in [4.78, 5) is 0. The van der Waals surface area contributed by atoms with Gasteiger partial charge in [0.1, 0.15) is 0 Å². The third-order valence-electron chi connectivity index (χ3n) is 2.21. The van der Waals surface area contributed by atoms with Gasteiger partial charge in [-0.2, -0.15) is 5.10 Å². The van der Waals surface area contributed by atoms with E-state index in [0.717, 1.165) is 10.2 Å². The van der Waals surface area contributed by atoms with E-state index < -0.39 is 0 Å². The van der Waals surface area contributed by atoms with E-state index in [2.05, 4.69) is 26.3 Å². The highest BCUT2D eigenvalue weighted by molar-refractivity contribution is 9.10. The van der Waals surface area contributed by atoms with E-state index in [9.17, 15) is 0 Å². The Labute approximate surface area is 99.1 Å². The molecule has 0 aromatic carbocycles. The molecule has 5 heteroatoms. The first-order valence-electron chi connectivity index (χ1n) is 5.02. The number of ether oxygens (including phenoxy) is 1. The van der Waals surface area contributed by atoms with E-state index in [1.165, 1.54) is 0 Å². The molecule has 0 aliphatic carbocycles. The third kappa shape index (κ3) is 3.29. The molecular weight excluding hydrogens is 258 g/mol. The van der Waals surface area contributed by atoms with Crippen LogP contribution in [-0.2, 0) is 11.8 Å². The standard InChI is InChI=1S/C10H18BrN3O/c1-7(2)15-6-9(12-3)10-8(11)5-13-14(10)4/h5,7,9,12H,6H2,1-4H3. The Bertz CT molecular complexity index is 292. The van der Waals surface area contributed by atoms with Gasteiger partial charge in [-0.25, -0.2) is 0 Å². The Kier molecular flexibility index (Phi) is 4.76. The zero-order valence-corrected chi connectivity index (χ0v) is 11.2. The van der Waals surface area contributed by atoms with Crippen molar-refractivity contribution in [2.24, 2.45) is 7.05 Å². The number of nitrogens with zero attached hydrogens (tertiary/aromatic N) is 2. The molecule has 1 aromatic rings. The van der Waals surface area contributed by atoms with Gasteiger partial charge in [0.25, 0.3) is 0 Å². The quantitative estimate of drug-likeness (QED) is 0.892. The number of likely N-dealkylation sites (N-methyl/N-ethyl adjacent to an activating group) is 1. The summed E-state index contributed by atoms with van der Waals surface area (Å²) >= 11 is 3.49. The van der Waals surface area contributed by atoms with Gasteiger partial charge in [0.05, 0.1) is 35.1 Å². The smallest absolute Gasteiger partial charge is 0.0738 e. The van der Waals surface area contributed by atoms with Gasteiger partial charge in [0.2, 0.25) is 0 Å². The van der Waals surface area contributed by atoms with Gasteiger partial charge in [-0.3, -0.25) is 4.68 Å². The fraction of sp³-hybridized carbons (Fsp3) is 0.700. The van der Waals surface area contributed by atoms with Crippen LogP contribution in [0.1, 0.15) is 25.6 Å². The van der Waals surface area contributed by atoms with Crippen molar-refractivity contribution in [3.8, 4) is 0 Å². The van der Waals surface area contributed by atoms with Gasteiger partial charge in [-0.15, -0.1) is 0 Å². The number of rotatable bonds is 5. The summed E-state index contributed by atoms with van der Waals surface area (Å²) in [6.45, 7) is 4.71. The Morgan fingerprint density at radius 3 is 2.67 bits per heavy atom. The molecule has 0 amide bonds. The van der Waals surface area contributed by atoms with Crippen molar-refractivity contribution in [2.75, 3.05) is 13.7 Å². The second kappa shape index (κ2) is 5.63. The molecule has 0 saturated heterocycles. The fourth-order valence-corrected chi connectivity index (χ4v) is 2.02. The van der Waals surface area contributed by atoms with E-state index in [-0.39, 0.29) is 12.1 Å². The predicted octanol–water partition coefficient (Wildman–Crippen LogP) is 1.87. The van der Waals surface area contributed by atoms with Crippen LogP contribution in [0, 0.1) is 0 Å². The lowest BCUT2D eigenvalue weighted by Gasteiger charge is -2.18. The first-order chi connectivity index (χ1) is 7.06. The van der Waals surface area contributed by atoms with Crippen molar-refractivity contribution in [2.45, 2.75) is 26.0 Å². The lowest BCUT2D eigenvalue weighted by atomic mass is 10.2. The van der Waals surface area contributed by atoms with Crippen LogP contribution in [0.5, 0.6) is 0 Å². The summed E-state index contributed by atoms with van der Waals surface area (Å²) in [5.74, 6) is 0. The van der Waals surface area contributed by atoms with E-state index in [4.69, 9.17) is 4.74 Å². The van der Waals surface area contributed by atoms with Crippen molar-refractivity contribution < 1.29 is 4.74 Å². The number of aryl methyl sites for hydroxylation is 1. The van der Waals surface area contributed by atoms with Gasteiger partial charge in [0, 0.05) is 7.05 Å². The Morgan fingerprint density at radius 1 is 1.60 bits per heavy atom. The van der Waals surface area contributed by atoms with Gasteiger partial charge in [-0.05, 0) is 36.8 Å². The minimum atomic E-state index is 0.161. The monoisotopic (exact) mass is 275 g/mol. The molecule has 0 fully saturated rings. The maximum Gasteiger partial charge on any atom is 0.0738 e. The molecule has 15 heavy (non-hydrogen) atoms. The SMILES string of the molecule is CNC(COC(C)C)c1c(Br)cnn1C. The van der Waals surface area contributed by atoms with Crippen LogP contribution < -0.4 is 5.32 Å². The summed E-state index contributed by atoms with van der Waals surface area (Å²) < 4.78 is 8.47. The van der Waals surface area contributed by atoms with E-state index >= 15 is 0 Å². The summed E-state index contributed by atoms with van der Waals surface area (Å²) in [5.41, 5.74) is 1.11. The molecule has 86 valence electrons. The highest BCUT2D eigenvalue weighted by Gasteiger charge is 2.17. The molecule has 1 aromatic heterocycles. The van der Waals surface area contributed by atoms with Gasteiger partial charge in [-0.1, -0.05) is 0 Å². The number of hydrogen-bond donors (Lipinski definition) is 1. The van der Waals surface area contributed by atoms with Gasteiger partial charge >= 0.3 is 0 Å². The molecule has 1 unspecified atom stereocenters. The van der Waals surface area contributed by atoms with Crippen molar-refractivity contribution in [1.82, 2.24) is 15.1 Å². The van der Waals surface area contributed by atoms with Crippen LogP contribution in [-0.4, -0.2) is 29.5 Å². The summed E-state index contributed by atoms with van der Waals surface area (Å²) in [7, 11) is 3.85. The highest BCUT2D eigenvalue weighted by atomic mass is 79.9. The molecule has 0 spiro atoms.